The van der Waals surface area contributed by atoms with Gasteiger partial charge in [0, 0.05) is 53.4 Å². The summed E-state index contributed by atoms with van der Waals surface area (Å²) in [4.78, 5) is 4.98. The maximum atomic E-state index is 2.49. The van der Waals surface area contributed by atoms with Gasteiger partial charge < -0.3 is 9.80 Å². The molecular formula is C60H40N2S2. The van der Waals surface area contributed by atoms with Gasteiger partial charge >= 0.3 is 0 Å². The third-order valence-electron chi connectivity index (χ3n) is 12.3. The van der Waals surface area contributed by atoms with E-state index >= 15 is 0 Å². The summed E-state index contributed by atoms with van der Waals surface area (Å²) in [5.41, 5.74) is 13.7. The van der Waals surface area contributed by atoms with Gasteiger partial charge in [0.2, 0.25) is 0 Å². The first kappa shape index (κ1) is 38.0. The number of benzene rings is 10. The minimum absolute atomic E-state index is 1.10. The lowest BCUT2D eigenvalue weighted by atomic mass is 9.97. The molecule has 2 heterocycles. The molecule has 64 heavy (non-hydrogen) atoms. The third-order valence-corrected chi connectivity index (χ3v) is 14.7. The lowest BCUT2D eigenvalue weighted by Gasteiger charge is -2.32. The highest BCUT2D eigenvalue weighted by molar-refractivity contribution is 7.26. The first-order valence-corrected chi connectivity index (χ1v) is 23.3. The molecule has 2 aromatic heterocycles. The Morgan fingerprint density at radius 3 is 1.06 bits per heavy atom. The second-order valence-corrected chi connectivity index (χ2v) is 18.1. The fourth-order valence-electron chi connectivity index (χ4n) is 9.34. The monoisotopic (exact) mass is 852 g/mol. The van der Waals surface area contributed by atoms with Crippen LogP contribution in [-0.4, -0.2) is 0 Å². The molecule has 0 aliphatic carbocycles. The van der Waals surface area contributed by atoms with E-state index in [4.69, 9.17) is 0 Å². The van der Waals surface area contributed by atoms with Crippen LogP contribution >= 0.6 is 22.7 Å². The normalized spacial score (nSPS) is 11.4. The van der Waals surface area contributed by atoms with E-state index in [-0.39, 0.29) is 0 Å². The van der Waals surface area contributed by atoms with Crippen molar-refractivity contribution >= 4 is 97.1 Å². The van der Waals surface area contributed by atoms with Gasteiger partial charge in [0.25, 0.3) is 0 Å². The van der Waals surface area contributed by atoms with Gasteiger partial charge in [0.05, 0.1) is 32.1 Å². The lowest BCUT2D eigenvalue weighted by molar-refractivity contribution is 1.28. The highest BCUT2D eigenvalue weighted by atomic mass is 32.1. The zero-order chi connectivity index (χ0) is 42.4. The van der Waals surface area contributed by atoms with Crippen molar-refractivity contribution in [3.63, 3.8) is 0 Å². The van der Waals surface area contributed by atoms with Crippen molar-refractivity contribution in [1.82, 2.24) is 0 Å². The minimum atomic E-state index is 1.10. The van der Waals surface area contributed by atoms with E-state index in [9.17, 15) is 0 Å². The average Bonchev–Trinajstić information content (AvgIpc) is 3.95. The quantitative estimate of drug-likeness (QED) is 0.143. The van der Waals surface area contributed by atoms with Crippen LogP contribution in [0.15, 0.2) is 243 Å². The van der Waals surface area contributed by atoms with Crippen LogP contribution in [0.3, 0.4) is 0 Å². The summed E-state index contributed by atoms with van der Waals surface area (Å²) in [6.45, 7) is 0. The van der Waals surface area contributed by atoms with Crippen LogP contribution in [0.1, 0.15) is 0 Å². The molecule has 0 fully saturated rings. The van der Waals surface area contributed by atoms with Crippen LogP contribution in [0.25, 0.3) is 73.7 Å². The first-order valence-electron chi connectivity index (χ1n) is 21.7. The Balaban J connectivity index is 1.11. The van der Waals surface area contributed by atoms with Gasteiger partial charge in [-0.25, -0.2) is 0 Å². The summed E-state index contributed by atoms with van der Waals surface area (Å²) in [6.07, 6.45) is 0. The van der Waals surface area contributed by atoms with Crippen LogP contribution in [0.2, 0.25) is 0 Å². The van der Waals surface area contributed by atoms with E-state index in [2.05, 4.69) is 252 Å². The molecule has 0 saturated heterocycles. The second kappa shape index (κ2) is 16.2. The zero-order valence-corrected chi connectivity index (χ0v) is 36.4. The Morgan fingerprint density at radius 1 is 0.250 bits per heavy atom. The van der Waals surface area contributed by atoms with E-state index < -0.39 is 0 Å². The molecule has 0 N–H and O–H groups in total. The molecule has 12 aromatic rings. The lowest BCUT2D eigenvalue weighted by Crippen LogP contribution is -2.14. The topological polar surface area (TPSA) is 6.48 Å². The largest absolute Gasteiger partial charge is 0.308 e. The van der Waals surface area contributed by atoms with Gasteiger partial charge in [-0.05, 0) is 82.9 Å². The SMILES string of the molecule is c1ccc(-c2cccc(N(c3ccccc3-c3ccccc3N(c3cccc(-c4ccccc4)c3)c3cccc4c3sc3ccccc34)c3cccc4c3sc3ccccc34)c2)cc1. The van der Waals surface area contributed by atoms with Gasteiger partial charge in [-0.1, -0.05) is 182 Å². The fraction of sp³-hybridized carbons (Fsp3) is 0. The summed E-state index contributed by atoms with van der Waals surface area (Å²) < 4.78 is 5.08. The Hall–Kier alpha value is -7.76. The smallest absolute Gasteiger partial charge is 0.0640 e. The third kappa shape index (κ3) is 6.63. The van der Waals surface area contributed by atoms with Gasteiger partial charge in [-0.3, -0.25) is 0 Å². The van der Waals surface area contributed by atoms with E-state index in [0.29, 0.717) is 0 Å². The predicted octanol–water partition coefficient (Wildman–Crippen LogP) is 18.4. The number of rotatable bonds is 9. The summed E-state index contributed by atoms with van der Waals surface area (Å²) in [6, 6.07) is 88.4. The standard InChI is InChI=1S/C60H40N2S2/c1-3-19-41(20-4-1)43-23-15-25-45(39-43)61(55-35-17-31-51-49-29-9-13-37-57(49)63-59(51)55)53-33-11-7-27-47(53)48-28-8-12-34-54(48)62(46-26-16-24-44(40-46)42-21-5-2-6-22-42)56-36-18-32-52-50-30-10-14-38-58(50)64-60(52)56/h1-40H. The molecule has 0 saturated carbocycles. The van der Waals surface area contributed by atoms with Gasteiger partial charge in [-0.15, -0.1) is 22.7 Å². The molecule has 10 aromatic carbocycles. The molecule has 2 nitrogen and oxygen atoms in total. The number of para-hydroxylation sites is 2. The van der Waals surface area contributed by atoms with Gasteiger partial charge in [0.1, 0.15) is 0 Å². The van der Waals surface area contributed by atoms with Crippen LogP contribution < -0.4 is 9.80 Å². The van der Waals surface area contributed by atoms with Crippen molar-refractivity contribution in [2.75, 3.05) is 9.80 Å². The summed E-state index contributed by atoms with van der Waals surface area (Å²) in [7, 11) is 0. The number of nitrogens with zero attached hydrogens (tertiary/aromatic N) is 2. The molecule has 0 aliphatic heterocycles. The fourth-order valence-corrected chi connectivity index (χ4v) is 11.7. The molecule has 0 spiro atoms. The summed E-state index contributed by atoms with van der Waals surface area (Å²) >= 11 is 3.73. The van der Waals surface area contributed by atoms with E-state index in [1.165, 1.54) is 62.6 Å². The van der Waals surface area contributed by atoms with E-state index in [1.54, 1.807) is 0 Å². The second-order valence-electron chi connectivity index (χ2n) is 16.0. The van der Waals surface area contributed by atoms with E-state index in [0.717, 1.165) is 45.3 Å². The first-order chi connectivity index (χ1) is 31.8. The molecule has 302 valence electrons. The molecule has 12 rings (SSSR count). The van der Waals surface area contributed by atoms with E-state index in [1.807, 2.05) is 22.7 Å². The minimum Gasteiger partial charge on any atom is -0.308 e. The van der Waals surface area contributed by atoms with Crippen molar-refractivity contribution in [3.05, 3.63) is 243 Å². The number of hydrogen-bond donors (Lipinski definition) is 0. The molecule has 0 atom stereocenters. The Labute approximate surface area is 380 Å². The molecule has 0 aliphatic rings. The number of thiophene rings is 2. The highest BCUT2D eigenvalue weighted by Gasteiger charge is 2.26. The Kier molecular flexibility index (Phi) is 9.59. The maximum Gasteiger partial charge on any atom is 0.0640 e. The molecule has 4 heteroatoms. The average molecular weight is 853 g/mol. The van der Waals surface area contributed by atoms with Gasteiger partial charge in [-0.2, -0.15) is 0 Å². The van der Waals surface area contributed by atoms with Crippen molar-refractivity contribution in [3.8, 4) is 33.4 Å². The van der Waals surface area contributed by atoms with Crippen LogP contribution in [0.4, 0.5) is 34.1 Å². The van der Waals surface area contributed by atoms with Crippen molar-refractivity contribution in [2.24, 2.45) is 0 Å². The number of anilines is 6. The number of hydrogen-bond acceptors (Lipinski definition) is 4. The van der Waals surface area contributed by atoms with Crippen molar-refractivity contribution < 1.29 is 0 Å². The predicted molar refractivity (Wildman–Crippen MR) is 278 cm³/mol. The Morgan fingerprint density at radius 2 is 0.594 bits per heavy atom. The summed E-state index contributed by atoms with van der Waals surface area (Å²) in [5.74, 6) is 0. The van der Waals surface area contributed by atoms with Crippen molar-refractivity contribution in [1.29, 1.82) is 0 Å². The summed E-state index contributed by atoms with van der Waals surface area (Å²) in [5, 5.41) is 5.09. The van der Waals surface area contributed by atoms with Crippen molar-refractivity contribution in [2.45, 2.75) is 0 Å². The molecule has 0 bridgehead atoms. The molecule has 0 amide bonds. The van der Waals surface area contributed by atoms with Crippen LogP contribution in [0.5, 0.6) is 0 Å². The van der Waals surface area contributed by atoms with Crippen LogP contribution in [0, 0.1) is 0 Å². The zero-order valence-electron chi connectivity index (χ0n) is 34.8. The molecular weight excluding hydrogens is 813 g/mol. The maximum absolute atomic E-state index is 2.49. The highest BCUT2D eigenvalue weighted by Crippen LogP contribution is 2.52. The number of fused-ring (bicyclic) bond motifs is 6. The molecule has 0 unspecified atom stereocenters. The molecule has 0 radical (unpaired) electrons. The van der Waals surface area contributed by atoms with Crippen LogP contribution in [-0.2, 0) is 0 Å². The van der Waals surface area contributed by atoms with Gasteiger partial charge in [0.15, 0.2) is 0 Å². The Bertz CT molecular complexity index is 3400.